The molecule has 2 aliphatic heterocycles. The number of benzene rings is 4. The van der Waals surface area contributed by atoms with Gasteiger partial charge < -0.3 is 73.7 Å². The number of carbonyl (C=O) groups is 4. The van der Waals surface area contributed by atoms with Gasteiger partial charge in [0.25, 0.3) is 0 Å². The van der Waals surface area contributed by atoms with Crippen LogP contribution in [-0.2, 0) is 33.1 Å². The Balaban J connectivity index is 0.000000371. The number of carboxylic acids is 1. The van der Waals surface area contributed by atoms with Crippen LogP contribution in [0.5, 0.6) is 34.5 Å². The van der Waals surface area contributed by atoms with Gasteiger partial charge in [-0.05, 0) is 157 Å². The van der Waals surface area contributed by atoms with Crippen molar-refractivity contribution >= 4 is 49.3 Å². The molecule has 72 heavy (non-hydrogen) atoms. The first-order valence-electron chi connectivity index (χ1n) is 23.2. The van der Waals surface area contributed by atoms with Crippen molar-refractivity contribution in [2.45, 2.75) is 111 Å². The molecule has 2 amide bonds. The summed E-state index contributed by atoms with van der Waals surface area (Å²) in [6.07, 6.45) is -1.16. The third-order valence-electron chi connectivity index (χ3n) is 10.2. The molecular formula is C50H65B2LiN2O17. The van der Waals surface area contributed by atoms with Crippen molar-refractivity contribution in [3.05, 3.63) is 95.1 Å². The van der Waals surface area contributed by atoms with Crippen molar-refractivity contribution in [1.29, 1.82) is 0 Å². The summed E-state index contributed by atoms with van der Waals surface area (Å²) in [7, 11) is -2.35. The normalized spacial score (nSPS) is 14.4. The first-order valence-corrected chi connectivity index (χ1v) is 23.2. The van der Waals surface area contributed by atoms with Crippen LogP contribution in [0.3, 0.4) is 0 Å². The van der Waals surface area contributed by atoms with E-state index in [4.69, 9.17) is 47.6 Å². The van der Waals surface area contributed by atoms with Crippen molar-refractivity contribution in [3.63, 3.8) is 0 Å². The second-order valence-corrected chi connectivity index (χ2v) is 18.5. The quantitative estimate of drug-likeness (QED) is 0.0386. The number of nitrogens with one attached hydrogen (secondary N) is 2. The Kier molecular flexibility index (Phi) is 23.3. The number of ether oxygens (including phenoxy) is 7. The summed E-state index contributed by atoms with van der Waals surface area (Å²) < 4.78 is 49.9. The van der Waals surface area contributed by atoms with Crippen LogP contribution < -0.4 is 59.4 Å². The fourth-order valence-electron chi connectivity index (χ4n) is 7.47. The molecule has 0 saturated carbocycles. The summed E-state index contributed by atoms with van der Waals surface area (Å²) in [5, 5.41) is 35.1. The fraction of sp³-hybridized carbons (Fsp3) is 0.440. The molecule has 6 rings (SSSR count). The molecule has 2 atom stereocenters. The summed E-state index contributed by atoms with van der Waals surface area (Å²) in [4.78, 5) is 46.3. The van der Waals surface area contributed by atoms with Crippen LogP contribution in [0.1, 0.15) is 109 Å². The molecule has 4 aromatic carbocycles. The van der Waals surface area contributed by atoms with Crippen molar-refractivity contribution in [3.8, 4) is 34.5 Å². The minimum atomic E-state index is -1.20. The number of alkyl carbamates (subject to hydrolysis) is 2. The van der Waals surface area contributed by atoms with Crippen molar-refractivity contribution in [1.82, 2.24) is 10.6 Å². The van der Waals surface area contributed by atoms with E-state index in [-0.39, 0.29) is 43.1 Å². The number of carboxylic acid groups (broad SMARTS) is 1. The molecule has 2 unspecified atom stereocenters. The zero-order valence-corrected chi connectivity index (χ0v) is 42.7. The number of fused-ring (bicyclic) bond motifs is 2. The first-order chi connectivity index (χ1) is 33.1. The van der Waals surface area contributed by atoms with Gasteiger partial charge in [0.15, 0.2) is 0 Å². The standard InChI is InChI=1S/C26H34BNO8.C24H30BNO8.Li.H2O/c1-6-32-23(29)16-22-24-17(2)13-20(15-21(24)27(31)36-22)34-19-10-7-9-18(14-19)33-12-8-11-28-25(30)35-26(3,4)5;1-15-11-18(13-19-22(15)20(14-21(27)28)34-25(19)30)32-17-8-5-7-16(12-17)31-10-6-9-26-23(29)33-24(2,3)4;;/h7,9-10,13-15,22,31H,6,8,11-12,16H2,1-5H3,(H,28,30);5,7-8,11-13,20,30H,6,9-10,14H2,1-4H3,(H,26,29)(H,27,28);;1H2/q;;+1;/p-1. The molecule has 2 heterocycles. The van der Waals surface area contributed by atoms with E-state index in [1.54, 1.807) is 82.3 Å². The SMILES string of the molecule is CCOC(=O)CC1OB(O)c2cc(Oc3cccc(OCCCNC(=O)OC(C)(C)C)c3)cc(C)c21.Cc1cc(Oc2cccc(OCCCNC(=O)OC(C)(C)C)c2)cc2c1C(CC(=O)O)OB2O.[Li+].[OH-]. The molecule has 19 nitrogen and oxygen atoms in total. The van der Waals surface area contributed by atoms with Crippen LogP contribution in [0.2, 0.25) is 0 Å². The Morgan fingerprint density at radius 2 is 1.03 bits per heavy atom. The van der Waals surface area contributed by atoms with Crippen molar-refractivity contribution in [2.75, 3.05) is 32.9 Å². The molecule has 2 aliphatic rings. The zero-order chi connectivity index (χ0) is 51.2. The molecule has 22 heteroatoms. The number of hydrogen-bond donors (Lipinski definition) is 5. The maximum absolute atomic E-state index is 11.9. The average Bonchev–Trinajstić information content (AvgIpc) is 3.73. The van der Waals surface area contributed by atoms with Gasteiger partial charge in [-0.2, -0.15) is 0 Å². The Labute approximate surface area is 433 Å². The predicted molar refractivity (Wildman–Crippen MR) is 262 cm³/mol. The Morgan fingerprint density at radius 3 is 1.42 bits per heavy atom. The molecule has 0 radical (unpaired) electrons. The molecule has 0 aromatic heterocycles. The number of aryl methyl sites for hydroxylation is 2. The third-order valence-corrected chi connectivity index (χ3v) is 10.2. The second-order valence-electron chi connectivity index (χ2n) is 18.5. The van der Waals surface area contributed by atoms with Gasteiger partial charge in [-0.1, -0.05) is 12.1 Å². The molecular weight excluding hydrogens is 929 g/mol. The minimum Gasteiger partial charge on any atom is -0.870 e. The molecule has 0 saturated heterocycles. The summed E-state index contributed by atoms with van der Waals surface area (Å²) in [5.41, 5.74) is 3.09. The average molecular weight is 995 g/mol. The minimum absolute atomic E-state index is 0. The molecule has 4 aromatic rings. The van der Waals surface area contributed by atoms with E-state index in [0.29, 0.717) is 96.7 Å². The molecule has 0 bridgehead atoms. The van der Waals surface area contributed by atoms with Gasteiger partial charge in [0, 0.05) is 25.2 Å². The van der Waals surface area contributed by atoms with Gasteiger partial charge in [-0.15, -0.1) is 0 Å². The molecule has 6 N–H and O–H groups in total. The number of esters is 1. The first kappa shape index (κ1) is 60.4. The molecule has 384 valence electrons. The number of rotatable bonds is 19. The van der Waals surface area contributed by atoms with Crippen molar-refractivity contribution < 1.29 is 101 Å². The van der Waals surface area contributed by atoms with Crippen LogP contribution in [0.15, 0.2) is 72.8 Å². The van der Waals surface area contributed by atoms with E-state index < -0.39 is 55.8 Å². The largest absolute Gasteiger partial charge is 1.00 e. The summed E-state index contributed by atoms with van der Waals surface area (Å²) in [6, 6.07) is 21.3. The van der Waals surface area contributed by atoms with E-state index in [0.717, 1.165) is 16.7 Å². The van der Waals surface area contributed by atoms with Gasteiger partial charge in [0.1, 0.15) is 45.7 Å². The van der Waals surface area contributed by atoms with E-state index >= 15 is 0 Å². The van der Waals surface area contributed by atoms with Gasteiger partial charge in [-0.3, -0.25) is 9.59 Å². The van der Waals surface area contributed by atoms with Gasteiger partial charge in [0.2, 0.25) is 0 Å². The van der Waals surface area contributed by atoms with Gasteiger partial charge >= 0.3 is 57.2 Å². The van der Waals surface area contributed by atoms with E-state index in [9.17, 15) is 29.2 Å². The fourth-order valence-corrected chi connectivity index (χ4v) is 7.47. The van der Waals surface area contributed by atoms with Gasteiger partial charge in [0.05, 0.1) is 44.9 Å². The topological polar surface area (TPSA) is 266 Å². The third kappa shape index (κ3) is 19.3. The van der Waals surface area contributed by atoms with Crippen LogP contribution in [0, 0.1) is 13.8 Å². The number of amides is 2. The monoisotopic (exact) mass is 994 g/mol. The predicted octanol–water partition coefficient (Wildman–Crippen LogP) is 3.93. The molecule has 0 fully saturated rings. The van der Waals surface area contributed by atoms with Crippen LogP contribution in [0.4, 0.5) is 9.59 Å². The Bertz CT molecular complexity index is 2450. The Hall–Kier alpha value is -5.91. The number of aliphatic carboxylic acids is 1. The van der Waals surface area contributed by atoms with Gasteiger partial charge in [-0.25, -0.2) is 9.59 Å². The second kappa shape index (κ2) is 27.8. The summed E-state index contributed by atoms with van der Waals surface area (Å²) >= 11 is 0. The number of carbonyl (C=O) groups excluding carboxylic acids is 3. The van der Waals surface area contributed by atoms with Crippen LogP contribution >= 0.6 is 0 Å². The van der Waals surface area contributed by atoms with E-state index in [2.05, 4.69) is 10.6 Å². The maximum atomic E-state index is 11.9. The Morgan fingerprint density at radius 1 is 0.625 bits per heavy atom. The van der Waals surface area contributed by atoms with Crippen molar-refractivity contribution in [2.24, 2.45) is 0 Å². The molecule has 0 aliphatic carbocycles. The smallest absolute Gasteiger partial charge is 0.870 e. The zero-order valence-electron chi connectivity index (χ0n) is 42.7. The van der Waals surface area contributed by atoms with Crippen LogP contribution in [-0.4, -0.2) is 103 Å². The molecule has 0 spiro atoms. The van der Waals surface area contributed by atoms with E-state index in [1.165, 1.54) is 0 Å². The van der Waals surface area contributed by atoms with Crippen LogP contribution in [0.25, 0.3) is 0 Å². The number of hydrogen-bond acceptors (Lipinski definition) is 16. The summed E-state index contributed by atoms with van der Waals surface area (Å²) in [5.74, 6) is 1.99. The van der Waals surface area contributed by atoms with E-state index in [1.807, 2.05) is 52.8 Å². The summed E-state index contributed by atoms with van der Waals surface area (Å²) in [6.45, 7) is 18.3. The maximum Gasteiger partial charge on any atom is 1.00 e.